The van der Waals surface area contributed by atoms with Gasteiger partial charge in [0, 0.05) is 36.6 Å². The molecule has 0 bridgehead atoms. The second-order valence-corrected chi connectivity index (χ2v) is 9.18. The Kier molecular flexibility index (Phi) is 5.71. The van der Waals surface area contributed by atoms with E-state index in [9.17, 15) is 0 Å². The third kappa shape index (κ3) is 4.29. The lowest BCUT2D eigenvalue weighted by molar-refractivity contribution is 0.422. The molecule has 0 spiro atoms. The molecule has 4 rings (SSSR count). The second kappa shape index (κ2) is 8.28. The normalized spacial score (nSPS) is 19.7. The molecule has 162 valence electrons. The van der Waals surface area contributed by atoms with Gasteiger partial charge in [0.2, 0.25) is 11.8 Å². The molecule has 9 heteroatoms. The topological polar surface area (TPSA) is 111 Å². The van der Waals surface area contributed by atoms with Gasteiger partial charge in [-0.05, 0) is 25.7 Å². The van der Waals surface area contributed by atoms with E-state index in [1.807, 2.05) is 6.92 Å². The first-order chi connectivity index (χ1) is 14.3. The van der Waals surface area contributed by atoms with Gasteiger partial charge in [-0.25, -0.2) is 0 Å². The molecule has 3 aromatic heterocycles. The summed E-state index contributed by atoms with van der Waals surface area (Å²) in [7, 11) is 0. The van der Waals surface area contributed by atoms with Gasteiger partial charge >= 0.3 is 0 Å². The fourth-order valence-corrected chi connectivity index (χ4v) is 3.91. The van der Waals surface area contributed by atoms with Crippen LogP contribution in [0.2, 0.25) is 0 Å². The van der Waals surface area contributed by atoms with Crippen LogP contribution in [0.4, 0.5) is 0 Å². The highest BCUT2D eigenvalue weighted by Gasteiger charge is 2.41. The monoisotopic (exact) mass is 412 g/mol. The first-order valence-electron chi connectivity index (χ1n) is 11.0. The van der Waals surface area contributed by atoms with Crippen molar-refractivity contribution in [2.24, 2.45) is 5.92 Å². The molecule has 3 heterocycles. The zero-order valence-corrected chi connectivity index (χ0v) is 18.8. The molecular weight excluding hydrogens is 380 g/mol. The van der Waals surface area contributed by atoms with Crippen LogP contribution in [-0.2, 0) is 12.8 Å². The first kappa shape index (κ1) is 20.7. The Labute approximate surface area is 177 Å². The summed E-state index contributed by atoms with van der Waals surface area (Å²) in [6.07, 6.45) is 3.67. The fourth-order valence-electron chi connectivity index (χ4n) is 3.91. The Morgan fingerprint density at radius 3 is 2.50 bits per heavy atom. The molecule has 1 saturated carbocycles. The maximum absolute atomic E-state index is 5.70. The molecule has 3 aromatic rings. The molecule has 0 aromatic carbocycles. The second-order valence-electron chi connectivity index (χ2n) is 9.18. The molecule has 3 unspecified atom stereocenters. The SMILES string of the molecule is Cc1nnc(C(C)C)n1C1CC1Cc1nnc(C(C)CCc2nnc(C(C)C)o2)[nH]1. The van der Waals surface area contributed by atoms with Crippen LogP contribution in [0, 0.1) is 12.8 Å². The molecule has 0 radical (unpaired) electrons. The van der Waals surface area contributed by atoms with Crippen LogP contribution in [0.1, 0.15) is 106 Å². The van der Waals surface area contributed by atoms with Gasteiger partial charge in [-0.2, -0.15) is 0 Å². The minimum Gasteiger partial charge on any atom is -0.425 e. The van der Waals surface area contributed by atoms with Crippen molar-refractivity contribution in [2.75, 3.05) is 0 Å². The smallest absolute Gasteiger partial charge is 0.219 e. The Bertz CT molecular complexity index is 985. The Hall–Kier alpha value is -2.58. The fraction of sp³-hybridized carbons (Fsp3) is 0.714. The molecule has 0 amide bonds. The molecule has 0 saturated heterocycles. The highest BCUT2D eigenvalue weighted by atomic mass is 16.4. The van der Waals surface area contributed by atoms with Crippen LogP contribution in [0.5, 0.6) is 0 Å². The van der Waals surface area contributed by atoms with E-state index in [0.29, 0.717) is 29.7 Å². The average molecular weight is 413 g/mol. The van der Waals surface area contributed by atoms with Gasteiger partial charge < -0.3 is 14.0 Å². The maximum Gasteiger partial charge on any atom is 0.219 e. The van der Waals surface area contributed by atoms with Gasteiger partial charge in [-0.3, -0.25) is 0 Å². The molecule has 0 aliphatic heterocycles. The Balaban J connectivity index is 1.32. The lowest BCUT2D eigenvalue weighted by Gasteiger charge is -2.10. The lowest BCUT2D eigenvalue weighted by atomic mass is 10.1. The van der Waals surface area contributed by atoms with Crippen molar-refractivity contribution >= 4 is 0 Å². The van der Waals surface area contributed by atoms with E-state index in [4.69, 9.17) is 4.42 Å². The summed E-state index contributed by atoms with van der Waals surface area (Å²) in [6.45, 7) is 12.6. The zero-order chi connectivity index (χ0) is 21.4. The molecule has 3 atom stereocenters. The molecule has 30 heavy (non-hydrogen) atoms. The molecular formula is C21H32N8O. The summed E-state index contributed by atoms with van der Waals surface area (Å²) in [5.74, 6) is 6.79. The van der Waals surface area contributed by atoms with Crippen molar-refractivity contribution < 1.29 is 4.42 Å². The number of hydrogen-bond acceptors (Lipinski definition) is 7. The van der Waals surface area contributed by atoms with Gasteiger partial charge in [-0.1, -0.05) is 34.6 Å². The summed E-state index contributed by atoms with van der Waals surface area (Å²) >= 11 is 0. The molecule has 1 aliphatic rings. The summed E-state index contributed by atoms with van der Waals surface area (Å²) in [5, 5.41) is 25.7. The number of hydrogen-bond donors (Lipinski definition) is 1. The quantitative estimate of drug-likeness (QED) is 0.568. The van der Waals surface area contributed by atoms with Gasteiger partial charge in [-0.15, -0.1) is 30.6 Å². The van der Waals surface area contributed by atoms with Crippen LogP contribution in [0.3, 0.4) is 0 Å². The number of aryl methyl sites for hydroxylation is 2. The first-order valence-corrected chi connectivity index (χ1v) is 11.0. The molecule has 1 N–H and O–H groups in total. The van der Waals surface area contributed by atoms with Crippen molar-refractivity contribution in [3.8, 4) is 0 Å². The summed E-state index contributed by atoms with van der Waals surface area (Å²) in [6, 6.07) is 0.469. The van der Waals surface area contributed by atoms with E-state index in [1.165, 1.54) is 0 Å². The number of nitrogens with zero attached hydrogens (tertiary/aromatic N) is 7. The van der Waals surface area contributed by atoms with Gasteiger partial charge in [0.05, 0.1) is 0 Å². The number of rotatable bonds is 9. The summed E-state index contributed by atoms with van der Waals surface area (Å²) in [4.78, 5) is 3.43. The maximum atomic E-state index is 5.70. The summed E-state index contributed by atoms with van der Waals surface area (Å²) < 4.78 is 8.01. The predicted molar refractivity (Wildman–Crippen MR) is 111 cm³/mol. The highest BCUT2D eigenvalue weighted by molar-refractivity contribution is 5.10. The van der Waals surface area contributed by atoms with Crippen LogP contribution in [0.15, 0.2) is 4.42 Å². The standard InChI is InChI=1S/C21H32N8O/c1-11(2)20-27-23-14(6)29(20)16-9-15(16)10-17-22-19(26-24-17)13(5)7-8-18-25-28-21(30-18)12(3)4/h11-13,15-16H,7-10H2,1-6H3,(H,22,24,26). The van der Waals surface area contributed by atoms with Gasteiger partial charge in [0.25, 0.3) is 0 Å². The van der Waals surface area contributed by atoms with E-state index in [0.717, 1.165) is 49.0 Å². The average Bonchev–Trinajstić information content (AvgIpc) is 3.11. The van der Waals surface area contributed by atoms with E-state index < -0.39 is 0 Å². The van der Waals surface area contributed by atoms with Crippen molar-refractivity contribution in [1.82, 2.24) is 40.1 Å². The van der Waals surface area contributed by atoms with E-state index >= 15 is 0 Å². The number of aromatic amines is 1. The number of nitrogens with one attached hydrogen (secondary N) is 1. The molecule has 1 fully saturated rings. The number of H-pyrrole nitrogens is 1. The summed E-state index contributed by atoms with van der Waals surface area (Å²) in [5.41, 5.74) is 0. The predicted octanol–water partition coefficient (Wildman–Crippen LogP) is 3.87. The molecule has 1 aliphatic carbocycles. The van der Waals surface area contributed by atoms with Crippen LogP contribution < -0.4 is 0 Å². The molecule has 9 nitrogen and oxygen atoms in total. The third-order valence-corrected chi connectivity index (χ3v) is 5.87. The van der Waals surface area contributed by atoms with E-state index in [-0.39, 0.29) is 11.8 Å². The minimum atomic E-state index is 0.253. The minimum absolute atomic E-state index is 0.253. The van der Waals surface area contributed by atoms with Crippen LogP contribution >= 0.6 is 0 Å². The van der Waals surface area contributed by atoms with Gasteiger partial charge in [0.1, 0.15) is 23.3 Å². The Morgan fingerprint density at radius 1 is 1.00 bits per heavy atom. The van der Waals surface area contributed by atoms with Crippen molar-refractivity contribution in [2.45, 2.75) is 91.0 Å². The van der Waals surface area contributed by atoms with Crippen molar-refractivity contribution in [1.29, 1.82) is 0 Å². The third-order valence-electron chi connectivity index (χ3n) is 5.87. The van der Waals surface area contributed by atoms with Crippen molar-refractivity contribution in [3.63, 3.8) is 0 Å². The van der Waals surface area contributed by atoms with E-state index in [1.54, 1.807) is 0 Å². The highest BCUT2D eigenvalue weighted by Crippen LogP contribution is 2.46. The number of aromatic nitrogens is 8. The van der Waals surface area contributed by atoms with E-state index in [2.05, 4.69) is 74.8 Å². The largest absolute Gasteiger partial charge is 0.425 e. The van der Waals surface area contributed by atoms with Gasteiger partial charge in [0.15, 0.2) is 0 Å². The van der Waals surface area contributed by atoms with Crippen molar-refractivity contribution in [3.05, 3.63) is 35.1 Å². The Morgan fingerprint density at radius 2 is 1.80 bits per heavy atom. The van der Waals surface area contributed by atoms with Crippen LogP contribution in [0.25, 0.3) is 0 Å². The van der Waals surface area contributed by atoms with Crippen LogP contribution in [-0.4, -0.2) is 40.1 Å². The zero-order valence-electron chi connectivity index (χ0n) is 18.8. The lowest BCUT2D eigenvalue weighted by Crippen LogP contribution is -2.07.